The number of fused-ring (bicyclic) bond motifs is 2. The summed E-state index contributed by atoms with van der Waals surface area (Å²) in [7, 11) is 0. The average molecular weight is 895 g/mol. The topological polar surface area (TPSA) is 66.9 Å². The molecule has 2 aliphatic heterocycles. The first-order valence-corrected chi connectivity index (χ1v) is 27.7. The maximum Gasteiger partial charge on any atom is 0.262 e. The fourth-order valence-corrected chi connectivity index (χ4v) is 10.4. The van der Waals surface area contributed by atoms with Crippen LogP contribution < -0.4 is 20.2 Å². The molecule has 0 bridgehead atoms. The average Bonchev–Trinajstić information content (AvgIpc) is 4.14. The molecule has 6 nitrogen and oxygen atoms in total. The number of nitrogens with zero attached hydrogens (tertiary/aromatic N) is 2. The summed E-state index contributed by atoms with van der Waals surface area (Å²) in [6, 6.07) is 11.9. The Morgan fingerprint density at radius 3 is 0.954 bits per heavy atom. The lowest BCUT2D eigenvalue weighted by Gasteiger charge is -2.27. The van der Waals surface area contributed by atoms with Crippen molar-refractivity contribution in [1.29, 1.82) is 0 Å². The van der Waals surface area contributed by atoms with Crippen LogP contribution in [0, 0.1) is 11.8 Å². The predicted molar refractivity (Wildman–Crippen MR) is 277 cm³/mol. The number of benzene rings is 1. The Hall–Kier alpha value is -3.54. The fraction of sp³-hybridized carbons (Fsp3) is 0.695. The van der Waals surface area contributed by atoms with E-state index in [1.165, 1.54) is 173 Å². The lowest BCUT2D eigenvalue weighted by molar-refractivity contribution is -0.114. The highest BCUT2D eigenvalue weighted by molar-refractivity contribution is 6.31. The maximum absolute atomic E-state index is 14.9. The third-order valence-electron chi connectivity index (χ3n) is 14.2. The smallest absolute Gasteiger partial charge is 0.262 e. The van der Waals surface area contributed by atoms with Gasteiger partial charge in [-0.25, -0.2) is 0 Å². The Balaban J connectivity index is 0.00000456. The number of carbonyl (C=O) groups is 2. The van der Waals surface area contributed by atoms with E-state index in [9.17, 15) is 9.59 Å². The van der Waals surface area contributed by atoms with Gasteiger partial charge in [-0.05, 0) is 73.9 Å². The molecule has 0 saturated carbocycles. The van der Waals surface area contributed by atoms with E-state index in [1.807, 2.05) is 43.0 Å². The Morgan fingerprint density at radius 2 is 0.692 bits per heavy atom. The van der Waals surface area contributed by atoms with Crippen LogP contribution >= 0.6 is 0 Å². The standard InChI is InChI=1S/C57H88N2O4.C2H6/c1-5-9-13-17-21-23-27-31-37-47(35-29-25-20-16-12-8-4)45-59-51-43-48-50(42-49(51)55(57(59)61)53-39-33-41-63-53)58(56(60)54(48)52-38-32-40-62-52)44-46(34-28-24-19-15-11-7-3)36-30-26-22-18-14-10-6-2;1-2/h32-33,38-43,46-47H,5-31,34-37,44-45H2,1-4H3;1-2H3. The van der Waals surface area contributed by atoms with Gasteiger partial charge >= 0.3 is 0 Å². The van der Waals surface area contributed by atoms with Crippen molar-refractivity contribution in [2.75, 3.05) is 22.9 Å². The Labute approximate surface area is 397 Å². The highest BCUT2D eigenvalue weighted by Gasteiger charge is 2.38. The highest BCUT2D eigenvalue weighted by Crippen LogP contribution is 2.34. The lowest BCUT2D eigenvalue weighted by Crippen LogP contribution is -2.35. The van der Waals surface area contributed by atoms with E-state index in [2.05, 4.69) is 44.7 Å². The van der Waals surface area contributed by atoms with Crippen LogP contribution in [0.2, 0.25) is 0 Å². The number of carbonyl (C=O) groups excluding carboxylic acids is 2. The van der Waals surface area contributed by atoms with E-state index >= 15 is 0 Å². The number of anilines is 2. The van der Waals surface area contributed by atoms with Gasteiger partial charge in [-0.15, -0.1) is 0 Å². The molecule has 2 atom stereocenters. The van der Waals surface area contributed by atoms with Crippen molar-refractivity contribution >= 4 is 34.3 Å². The molecule has 0 aliphatic carbocycles. The van der Waals surface area contributed by atoms with Gasteiger partial charge in [0, 0.05) is 23.5 Å². The highest BCUT2D eigenvalue weighted by atomic mass is 16.3. The van der Waals surface area contributed by atoms with Crippen LogP contribution in [0.4, 0.5) is 11.4 Å². The summed E-state index contributed by atoms with van der Waals surface area (Å²) >= 11 is 0. The molecule has 3 aromatic rings. The molecular formula is C59H94N2O4. The molecule has 0 spiro atoms. The van der Waals surface area contributed by atoms with E-state index in [0.717, 1.165) is 47.5 Å². The van der Waals surface area contributed by atoms with E-state index in [1.54, 1.807) is 12.5 Å². The zero-order chi connectivity index (χ0) is 46.5. The first-order valence-electron chi connectivity index (χ1n) is 27.7. The molecule has 0 radical (unpaired) electrons. The monoisotopic (exact) mass is 895 g/mol. The predicted octanol–water partition coefficient (Wildman–Crippen LogP) is 16.4. The van der Waals surface area contributed by atoms with Crippen LogP contribution in [0.5, 0.6) is 0 Å². The molecule has 2 unspecified atom stereocenters. The summed E-state index contributed by atoms with van der Waals surface area (Å²) in [5.41, 5.74) is 3.04. The molecule has 6 heteroatoms. The summed E-state index contributed by atoms with van der Waals surface area (Å²) in [4.78, 5) is 33.8. The first kappa shape index (κ1) is 54.1. The third kappa shape index (κ3) is 17.2. The summed E-state index contributed by atoms with van der Waals surface area (Å²) < 4.78 is 12.1. The third-order valence-corrected chi connectivity index (χ3v) is 14.2. The number of furan rings is 2. The molecule has 2 aromatic heterocycles. The van der Waals surface area contributed by atoms with Gasteiger partial charge in [0.25, 0.3) is 11.8 Å². The van der Waals surface area contributed by atoms with E-state index in [-0.39, 0.29) is 11.8 Å². The van der Waals surface area contributed by atoms with Gasteiger partial charge in [0.15, 0.2) is 0 Å². The molecule has 1 aromatic carbocycles. The molecule has 2 amide bonds. The molecular weight excluding hydrogens is 801 g/mol. The Kier molecular flexibility index (Phi) is 26.8. The van der Waals surface area contributed by atoms with Crippen LogP contribution in [0.15, 0.2) is 57.8 Å². The van der Waals surface area contributed by atoms with Gasteiger partial charge < -0.3 is 18.6 Å². The Bertz CT molecular complexity index is 1840. The van der Waals surface area contributed by atoms with Crippen LogP contribution in [0.3, 0.4) is 0 Å². The van der Waals surface area contributed by atoms with E-state index in [4.69, 9.17) is 8.83 Å². The second kappa shape index (κ2) is 32.2. The van der Waals surface area contributed by atoms with Gasteiger partial charge in [0.1, 0.15) is 11.5 Å². The van der Waals surface area contributed by atoms with Crippen LogP contribution in [-0.2, 0) is 9.59 Å². The zero-order valence-electron chi connectivity index (χ0n) is 42.6. The number of unbranched alkanes of at least 4 members (excludes halogenated alkanes) is 23. The van der Waals surface area contributed by atoms with E-state index < -0.39 is 0 Å². The molecule has 5 rings (SSSR count). The van der Waals surface area contributed by atoms with Crippen molar-refractivity contribution in [1.82, 2.24) is 0 Å². The summed E-state index contributed by atoms with van der Waals surface area (Å²) in [5, 5.41) is 1.77. The number of rotatable bonds is 37. The molecule has 364 valence electrons. The second-order valence-corrected chi connectivity index (χ2v) is 19.4. The van der Waals surface area contributed by atoms with Crippen molar-refractivity contribution in [3.8, 4) is 0 Å². The van der Waals surface area contributed by atoms with E-state index in [0.29, 0.717) is 47.6 Å². The number of amides is 2. The molecule has 0 fully saturated rings. The largest absolute Gasteiger partial charge is 0.464 e. The lowest BCUT2D eigenvalue weighted by atomic mass is 9.93. The van der Waals surface area contributed by atoms with Gasteiger partial charge in [-0.1, -0.05) is 215 Å². The minimum atomic E-state index is 0.0178. The summed E-state index contributed by atoms with van der Waals surface area (Å²) in [6.07, 6.45) is 42.6. The quantitative estimate of drug-likeness (QED) is 0.0541. The number of hydrogen-bond acceptors (Lipinski definition) is 4. The van der Waals surface area contributed by atoms with Gasteiger partial charge in [-0.2, -0.15) is 0 Å². The molecule has 0 N–H and O–H groups in total. The molecule has 0 saturated heterocycles. The normalized spacial score (nSPS) is 14.3. The number of hydrogen-bond donors (Lipinski definition) is 0. The van der Waals surface area contributed by atoms with Crippen molar-refractivity contribution in [3.63, 3.8) is 0 Å². The first-order chi connectivity index (χ1) is 32.0. The van der Waals surface area contributed by atoms with Crippen LogP contribution in [0.25, 0.3) is 11.1 Å². The molecule has 4 heterocycles. The van der Waals surface area contributed by atoms with Crippen molar-refractivity contribution in [3.05, 3.63) is 70.9 Å². The minimum absolute atomic E-state index is 0.0178. The van der Waals surface area contributed by atoms with Crippen LogP contribution in [-0.4, -0.2) is 24.9 Å². The van der Waals surface area contributed by atoms with Crippen molar-refractivity contribution in [2.45, 2.75) is 241 Å². The summed E-state index contributed by atoms with van der Waals surface area (Å²) in [5.74, 6) is 2.07. The zero-order valence-corrected chi connectivity index (χ0v) is 42.6. The van der Waals surface area contributed by atoms with Gasteiger partial charge in [0.2, 0.25) is 0 Å². The van der Waals surface area contributed by atoms with Crippen molar-refractivity contribution < 1.29 is 18.4 Å². The fourth-order valence-electron chi connectivity index (χ4n) is 10.4. The maximum atomic E-state index is 14.9. The molecule has 2 aliphatic rings. The molecule has 65 heavy (non-hydrogen) atoms. The van der Waals surface area contributed by atoms with Crippen molar-refractivity contribution in [2.24, 2.45) is 11.8 Å². The van der Waals surface area contributed by atoms with Gasteiger partial charge in [-0.3, -0.25) is 9.59 Å². The Morgan fingerprint density at radius 1 is 0.415 bits per heavy atom. The SMILES string of the molecule is CC.CCCCCCCCCCC(CCCCCCCC)CN1C(=O)C(c2ccco2)=c2cc3c(cc21)=C(c1ccco1)C(=O)N3CC(CCCCCCCC)CCCCCCCCC. The minimum Gasteiger partial charge on any atom is -0.464 e. The van der Waals surface area contributed by atoms with Crippen LogP contribution in [0.1, 0.15) is 252 Å². The second-order valence-electron chi connectivity index (χ2n) is 19.4. The summed E-state index contributed by atoms with van der Waals surface area (Å²) in [6.45, 7) is 14.5. The van der Waals surface area contributed by atoms with Gasteiger partial charge in [0.05, 0.1) is 35.0 Å².